The van der Waals surface area contributed by atoms with Crippen LogP contribution in [0, 0.1) is 0 Å². The number of aromatic amines is 1. The molecule has 1 aromatic heterocycles. The van der Waals surface area contributed by atoms with Gasteiger partial charge in [-0.05, 0) is 25.7 Å². The lowest BCUT2D eigenvalue weighted by Crippen LogP contribution is -2.47. The largest absolute Gasteiger partial charge is 0.354 e. The van der Waals surface area contributed by atoms with E-state index in [1.54, 1.807) is 6.07 Å². The van der Waals surface area contributed by atoms with Gasteiger partial charge in [-0.2, -0.15) is 0 Å². The molecule has 1 N–H and O–H groups in total. The lowest BCUT2D eigenvalue weighted by Gasteiger charge is -2.35. The minimum absolute atomic E-state index is 0.00322. The summed E-state index contributed by atoms with van der Waals surface area (Å²) >= 11 is 0. The third kappa shape index (κ3) is 2.39. The first-order valence-corrected chi connectivity index (χ1v) is 7.40. The summed E-state index contributed by atoms with van der Waals surface area (Å²) in [6, 6.07) is 2.50. The summed E-state index contributed by atoms with van der Waals surface area (Å²) in [6.45, 7) is 4.21. The second kappa shape index (κ2) is 4.34. The lowest BCUT2D eigenvalue weighted by molar-refractivity contribution is 0.247. The lowest BCUT2D eigenvalue weighted by atomic mass is 10.3. The fourth-order valence-corrected chi connectivity index (χ4v) is 2.93. The molecule has 1 aliphatic heterocycles. The number of aromatic nitrogens is 2. The molecule has 0 bridgehead atoms. The first-order valence-electron chi connectivity index (χ1n) is 7.40. The molecule has 1 aromatic rings. The highest BCUT2D eigenvalue weighted by Crippen LogP contribution is 2.38. The Balaban J connectivity index is 1.50. The van der Waals surface area contributed by atoms with Gasteiger partial charge in [0, 0.05) is 44.2 Å². The molecule has 19 heavy (non-hydrogen) atoms. The van der Waals surface area contributed by atoms with E-state index in [1.165, 1.54) is 25.7 Å². The maximum absolute atomic E-state index is 11.7. The average Bonchev–Trinajstić information content (AvgIpc) is 3.31. The first kappa shape index (κ1) is 11.5. The van der Waals surface area contributed by atoms with Gasteiger partial charge in [0.1, 0.15) is 11.6 Å². The van der Waals surface area contributed by atoms with Gasteiger partial charge in [-0.3, -0.25) is 9.69 Å². The minimum Gasteiger partial charge on any atom is -0.354 e. The molecule has 1 saturated heterocycles. The van der Waals surface area contributed by atoms with Crippen LogP contribution in [0.5, 0.6) is 0 Å². The molecule has 0 spiro atoms. The van der Waals surface area contributed by atoms with Gasteiger partial charge in [0.15, 0.2) is 0 Å². The summed E-state index contributed by atoms with van der Waals surface area (Å²) < 4.78 is 0. The Morgan fingerprint density at radius 3 is 2.47 bits per heavy atom. The van der Waals surface area contributed by atoms with Crippen LogP contribution in [0.15, 0.2) is 10.9 Å². The molecule has 5 nitrogen and oxygen atoms in total. The van der Waals surface area contributed by atoms with Gasteiger partial charge in [0.05, 0.1) is 0 Å². The number of rotatable bonds is 3. The highest BCUT2D eigenvalue weighted by atomic mass is 16.1. The Labute approximate surface area is 112 Å². The van der Waals surface area contributed by atoms with Crippen molar-refractivity contribution in [2.75, 3.05) is 31.1 Å². The maximum Gasteiger partial charge on any atom is 0.252 e. The number of hydrogen-bond donors (Lipinski definition) is 1. The van der Waals surface area contributed by atoms with E-state index >= 15 is 0 Å². The van der Waals surface area contributed by atoms with Gasteiger partial charge in [-0.1, -0.05) is 0 Å². The molecule has 3 fully saturated rings. The number of nitrogens with zero attached hydrogens (tertiary/aromatic N) is 3. The van der Waals surface area contributed by atoms with E-state index in [2.05, 4.69) is 19.8 Å². The average molecular weight is 260 g/mol. The van der Waals surface area contributed by atoms with Crippen molar-refractivity contribution < 1.29 is 0 Å². The number of piperazine rings is 1. The predicted octanol–water partition coefficient (Wildman–Crippen LogP) is 0.932. The zero-order valence-corrected chi connectivity index (χ0v) is 11.1. The zero-order valence-electron chi connectivity index (χ0n) is 11.1. The Bertz CT molecular complexity index is 524. The van der Waals surface area contributed by atoms with Crippen molar-refractivity contribution >= 4 is 5.82 Å². The molecule has 0 atom stereocenters. The van der Waals surface area contributed by atoms with E-state index in [-0.39, 0.29) is 5.56 Å². The van der Waals surface area contributed by atoms with Crippen LogP contribution in [-0.4, -0.2) is 47.1 Å². The van der Waals surface area contributed by atoms with Crippen molar-refractivity contribution in [2.45, 2.75) is 37.6 Å². The number of anilines is 1. The molecule has 0 amide bonds. The molecule has 4 rings (SSSR count). The third-order valence-corrected chi connectivity index (χ3v) is 4.41. The molecule has 2 aliphatic carbocycles. The van der Waals surface area contributed by atoms with Crippen LogP contribution in [0.25, 0.3) is 0 Å². The van der Waals surface area contributed by atoms with Gasteiger partial charge in [-0.15, -0.1) is 0 Å². The smallest absolute Gasteiger partial charge is 0.252 e. The molecule has 3 aliphatic rings. The summed E-state index contributed by atoms with van der Waals surface area (Å²) in [5.74, 6) is 2.27. The van der Waals surface area contributed by atoms with Gasteiger partial charge in [-0.25, -0.2) is 4.98 Å². The Morgan fingerprint density at radius 2 is 1.84 bits per heavy atom. The van der Waals surface area contributed by atoms with Crippen LogP contribution < -0.4 is 10.5 Å². The molecule has 0 unspecified atom stereocenters. The molecule has 5 heteroatoms. The van der Waals surface area contributed by atoms with Crippen molar-refractivity contribution in [3.63, 3.8) is 0 Å². The number of hydrogen-bond acceptors (Lipinski definition) is 4. The van der Waals surface area contributed by atoms with E-state index in [1.807, 2.05) is 0 Å². The minimum atomic E-state index is -0.00322. The first-order chi connectivity index (χ1) is 9.29. The van der Waals surface area contributed by atoms with E-state index in [0.29, 0.717) is 5.92 Å². The highest BCUT2D eigenvalue weighted by Gasteiger charge is 2.32. The van der Waals surface area contributed by atoms with Gasteiger partial charge >= 0.3 is 0 Å². The van der Waals surface area contributed by atoms with Crippen molar-refractivity contribution in [1.82, 2.24) is 14.9 Å². The number of nitrogens with one attached hydrogen (secondary N) is 1. The fourth-order valence-electron chi connectivity index (χ4n) is 2.93. The summed E-state index contributed by atoms with van der Waals surface area (Å²) in [4.78, 5) is 24.1. The van der Waals surface area contributed by atoms with Gasteiger partial charge < -0.3 is 9.88 Å². The molecule has 102 valence electrons. The summed E-state index contributed by atoms with van der Waals surface area (Å²) in [6.07, 6.45) is 5.08. The predicted molar refractivity (Wildman–Crippen MR) is 73.6 cm³/mol. The molecule has 0 radical (unpaired) electrons. The zero-order chi connectivity index (χ0) is 12.8. The second-order valence-electron chi connectivity index (χ2n) is 6.02. The number of H-pyrrole nitrogens is 1. The Morgan fingerprint density at radius 1 is 1.11 bits per heavy atom. The fraction of sp³-hybridized carbons (Fsp3) is 0.714. The van der Waals surface area contributed by atoms with E-state index in [4.69, 9.17) is 0 Å². The molecule has 2 saturated carbocycles. The van der Waals surface area contributed by atoms with Crippen LogP contribution in [-0.2, 0) is 0 Å². The molecular weight excluding hydrogens is 240 g/mol. The quantitative estimate of drug-likeness (QED) is 0.878. The Hall–Kier alpha value is -1.36. The highest BCUT2D eigenvalue weighted by molar-refractivity contribution is 5.38. The van der Waals surface area contributed by atoms with Crippen molar-refractivity contribution in [2.24, 2.45) is 0 Å². The summed E-state index contributed by atoms with van der Waals surface area (Å²) in [5, 5.41) is 0. The van der Waals surface area contributed by atoms with Crippen molar-refractivity contribution in [3.05, 3.63) is 22.2 Å². The normalized spacial score (nSPS) is 24.7. The van der Waals surface area contributed by atoms with Gasteiger partial charge in [0.25, 0.3) is 5.56 Å². The van der Waals surface area contributed by atoms with E-state index in [9.17, 15) is 4.79 Å². The summed E-state index contributed by atoms with van der Waals surface area (Å²) in [7, 11) is 0. The van der Waals surface area contributed by atoms with Crippen molar-refractivity contribution in [1.29, 1.82) is 0 Å². The van der Waals surface area contributed by atoms with Crippen LogP contribution >= 0.6 is 0 Å². The molecule has 0 aromatic carbocycles. The van der Waals surface area contributed by atoms with Crippen molar-refractivity contribution in [3.8, 4) is 0 Å². The Kier molecular flexibility index (Phi) is 2.62. The van der Waals surface area contributed by atoms with E-state index in [0.717, 1.165) is 43.9 Å². The summed E-state index contributed by atoms with van der Waals surface area (Å²) in [5.41, 5.74) is -0.00322. The van der Waals surface area contributed by atoms with Crippen LogP contribution in [0.3, 0.4) is 0 Å². The topological polar surface area (TPSA) is 52.2 Å². The standard InChI is InChI=1S/C14H20N4O/c19-13-9-12(15-14(16-13)10-1-2-10)18-7-5-17(6-8-18)11-3-4-11/h9-11H,1-8H2,(H,15,16,19). The second-order valence-corrected chi connectivity index (χ2v) is 6.02. The third-order valence-electron chi connectivity index (χ3n) is 4.41. The van der Waals surface area contributed by atoms with Crippen LogP contribution in [0.4, 0.5) is 5.82 Å². The maximum atomic E-state index is 11.7. The van der Waals surface area contributed by atoms with Crippen LogP contribution in [0.1, 0.15) is 37.4 Å². The molecule has 2 heterocycles. The molecular formula is C14H20N4O. The van der Waals surface area contributed by atoms with Gasteiger partial charge in [0.2, 0.25) is 0 Å². The van der Waals surface area contributed by atoms with Crippen LogP contribution in [0.2, 0.25) is 0 Å². The van der Waals surface area contributed by atoms with E-state index < -0.39 is 0 Å². The SMILES string of the molecule is O=c1cc(N2CCN(C3CC3)CC2)nc(C2CC2)[nH]1. The monoisotopic (exact) mass is 260 g/mol.